The fourth-order valence-corrected chi connectivity index (χ4v) is 4.57. The number of rotatable bonds is 12. The third kappa shape index (κ3) is 7.38. The molecule has 1 atom stereocenters. The van der Waals surface area contributed by atoms with E-state index >= 15 is 0 Å². The molecule has 1 aliphatic heterocycles. The Morgan fingerprint density at radius 3 is 2.30 bits per heavy atom. The number of methoxy groups -OCH3 is 1. The normalized spacial score (nSPS) is 15.1. The fourth-order valence-electron chi connectivity index (χ4n) is 4.57. The number of allylic oxidation sites excluding steroid dienone is 2. The number of Topliss-reactive ketones (excluding diaryl/α,β-unsaturated/α-hetero) is 1. The van der Waals surface area contributed by atoms with Crippen molar-refractivity contribution in [1.29, 1.82) is 0 Å². The zero-order valence-corrected chi connectivity index (χ0v) is 22.9. The quantitative estimate of drug-likeness (QED) is 0.177. The van der Waals surface area contributed by atoms with Crippen molar-refractivity contribution in [2.24, 2.45) is 0 Å². The Morgan fingerprint density at radius 2 is 1.68 bits per heavy atom. The molecule has 1 unspecified atom stereocenters. The van der Waals surface area contributed by atoms with Crippen LogP contribution in [0.3, 0.4) is 0 Å². The summed E-state index contributed by atoms with van der Waals surface area (Å²) < 4.78 is 23.6. The standard InChI is InChI=1S/C29H32FN3O7/c1-18-25(28(35)39-4)27(21-7-5-8-23(17-21)33(37)38)26(19(2)31-18)29(36)40-16-15-32(3)14-6-9-24(34)20-10-12-22(30)13-11-20/h5,7-8,10-13,17,27,31H,6,9,14-16H2,1-4H3. The van der Waals surface area contributed by atoms with Crippen molar-refractivity contribution in [3.63, 3.8) is 0 Å². The second kappa shape index (κ2) is 13.6. The maximum absolute atomic E-state index is 13.3. The molecule has 0 aromatic heterocycles. The number of hydrogen-bond donors (Lipinski definition) is 1. The van der Waals surface area contributed by atoms with Gasteiger partial charge in [0.15, 0.2) is 5.78 Å². The van der Waals surface area contributed by atoms with Crippen molar-refractivity contribution in [2.45, 2.75) is 32.6 Å². The van der Waals surface area contributed by atoms with Crippen LogP contribution in [0.5, 0.6) is 0 Å². The van der Waals surface area contributed by atoms with Crippen LogP contribution < -0.4 is 5.32 Å². The van der Waals surface area contributed by atoms with E-state index in [9.17, 15) is 28.9 Å². The number of nitrogens with one attached hydrogen (secondary N) is 1. The van der Waals surface area contributed by atoms with Crippen LogP contribution in [0.1, 0.15) is 48.5 Å². The summed E-state index contributed by atoms with van der Waals surface area (Å²) in [6, 6.07) is 11.2. The predicted octanol–water partition coefficient (Wildman–Crippen LogP) is 4.28. The number of halogens is 1. The van der Waals surface area contributed by atoms with Crippen LogP contribution in [0.25, 0.3) is 0 Å². The molecule has 1 N–H and O–H groups in total. The van der Waals surface area contributed by atoms with Crippen molar-refractivity contribution in [3.05, 3.63) is 98.1 Å². The number of non-ortho nitro benzene ring substituents is 1. The second-order valence-electron chi connectivity index (χ2n) is 9.45. The number of esters is 2. The summed E-state index contributed by atoms with van der Waals surface area (Å²) >= 11 is 0. The highest BCUT2D eigenvalue weighted by Crippen LogP contribution is 2.40. The first-order valence-corrected chi connectivity index (χ1v) is 12.7. The largest absolute Gasteiger partial charge is 0.466 e. The molecule has 0 fully saturated rings. The molecule has 212 valence electrons. The summed E-state index contributed by atoms with van der Waals surface area (Å²) in [5, 5.41) is 14.4. The van der Waals surface area contributed by atoms with Gasteiger partial charge in [-0.15, -0.1) is 0 Å². The molecule has 40 heavy (non-hydrogen) atoms. The Labute approximate surface area is 231 Å². The molecule has 2 aromatic rings. The van der Waals surface area contributed by atoms with Crippen molar-refractivity contribution in [3.8, 4) is 0 Å². The minimum atomic E-state index is -0.934. The SMILES string of the molecule is COC(=O)C1=C(C)NC(C)=C(C(=O)OCCN(C)CCCC(=O)c2ccc(F)cc2)C1c1cccc([N+](=O)[O-])c1. The zero-order valence-electron chi connectivity index (χ0n) is 22.9. The number of nitrogens with zero attached hydrogens (tertiary/aromatic N) is 2. The van der Waals surface area contributed by atoms with Gasteiger partial charge in [-0.05, 0) is 63.7 Å². The number of hydrogen-bond acceptors (Lipinski definition) is 9. The first kappa shape index (κ1) is 30.2. The summed E-state index contributed by atoms with van der Waals surface area (Å²) in [6.07, 6.45) is 0.858. The average Bonchev–Trinajstić information content (AvgIpc) is 2.92. The smallest absolute Gasteiger partial charge is 0.336 e. The molecule has 2 aromatic carbocycles. The topological polar surface area (TPSA) is 128 Å². The monoisotopic (exact) mass is 553 g/mol. The van der Waals surface area contributed by atoms with E-state index in [4.69, 9.17) is 9.47 Å². The third-order valence-electron chi connectivity index (χ3n) is 6.62. The fraction of sp³-hybridized carbons (Fsp3) is 0.345. The molecule has 1 heterocycles. The van der Waals surface area contributed by atoms with Gasteiger partial charge in [0.2, 0.25) is 0 Å². The van der Waals surface area contributed by atoms with Crippen LogP contribution in [0.15, 0.2) is 71.1 Å². The van der Waals surface area contributed by atoms with Gasteiger partial charge in [0, 0.05) is 42.1 Å². The number of benzene rings is 2. The molecular weight excluding hydrogens is 521 g/mol. The van der Waals surface area contributed by atoms with E-state index in [2.05, 4.69) is 5.32 Å². The first-order chi connectivity index (χ1) is 19.0. The van der Waals surface area contributed by atoms with Gasteiger partial charge in [0.1, 0.15) is 12.4 Å². The van der Waals surface area contributed by atoms with Crippen LogP contribution in [0, 0.1) is 15.9 Å². The molecule has 0 radical (unpaired) electrons. The number of dihydropyridines is 1. The summed E-state index contributed by atoms with van der Waals surface area (Å²) in [4.78, 5) is 51.1. The molecule has 11 heteroatoms. The van der Waals surface area contributed by atoms with Gasteiger partial charge in [-0.2, -0.15) is 0 Å². The van der Waals surface area contributed by atoms with Crippen LogP contribution in [0.4, 0.5) is 10.1 Å². The molecule has 3 rings (SSSR count). The summed E-state index contributed by atoms with van der Waals surface area (Å²) in [7, 11) is 3.05. The lowest BCUT2D eigenvalue weighted by Gasteiger charge is -2.30. The number of carbonyl (C=O) groups excluding carboxylic acids is 3. The summed E-state index contributed by atoms with van der Waals surface area (Å²) in [5.41, 5.74) is 1.89. The minimum absolute atomic E-state index is 0.0376. The molecule has 0 spiro atoms. The maximum atomic E-state index is 13.3. The third-order valence-corrected chi connectivity index (χ3v) is 6.62. The average molecular weight is 554 g/mol. The van der Waals surface area contributed by atoms with E-state index < -0.39 is 28.6 Å². The molecule has 0 bridgehead atoms. The summed E-state index contributed by atoms with van der Waals surface area (Å²) in [5.74, 6) is -2.75. The number of likely N-dealkylation sites (N-methyl/N-ethyl adjacent to an activating group) is 1. The lowest BCUT2D eigenvalue weighted by molar-refractivity contribution is -0.384. The van der Waals surface area contributed by atoms with Crippen LogP contribution in [0.2, 0.25) is 0 Å². The van der Waals surface area contributed by atoms with E-state index in [0.717, 1.165) is 0 Å². The van der Waals surface area contributed by atoms with E-state index in [0.29, 0.717) is 48.5 Å². The Kier molecular flexibility index (Phi) is 10.3. The first-order valence-electron chi connectivity index (χ1n) is 12.7. The van der Waals surface area contributed by atoms with Crippen LogP contribution in [-0.2, 0) is 19.1 Å². The number of ether oxygens (including phenoxy) is 2. The number of nitro groups is 1. The maximum Gasteiger partial charge on any atom is 0.336 e. The van der Waals surface area contributed by atoms with E-state index in [1.165, 1.54) is 49.6 Å². The van der Waals surface area contributed by atoms with Crippen molar-refractivity contribution in [1.82, 2.24) is 10.2 Å². The Bertz CT molecular complexity index is 1350. The van der Waals surface area contributed by atoms with Gasteiger partial charge in [-0.25, -0.2) is 14.0 Å². The van der Waals surface area contributed by atoms with Gasteiger partial charge in [0.25, 0.3) is 5.69 Å². The van der Waals surface area contributed by atoms with Gasteiger partial charge < -0.3 is 19.7 Å². The van der Waals surface area contributed by atoms with Gasteiger partial charge in [-0.3, -0.25) is 14.9 Å². The van der Waals surface area contributed by atoms with Gasteiger partial charge >= 0.3 is 11.9 Å². The van der Waals surface area contributed by atoms with Crippen LogP contribution in [-0.4, -0.2) is 61.4 Å². The molecule has 1 aliphatic rings. The molecular formula is C29H32FN3O7. The second-order valence-corrected chi connectivity index (χ2v) is 9.45. The highest BCUT2D eigenvalue weighted by atomic mass is 19.1. The Balaban J connectivity index is 1.66. The van der Waals surface area contributed by atoms with E-state index in [1.54, 1.807) is 19.9 Å². The van der Waals surface area contributed by atoms with Crippen molar-refractivity contribution < 1.29 is 33.2 Å². The lowest BCUT2D eigenvalue weighted by Crippen LogP contribution is -2.33. The number of nitro benzene ring substituents is 1. The molecule has 0 saturated heterocycles. The van der Waals surface area contributed by atoms with Gasteiger partial charge in [0.05, 0.1) is 29.1 Å². The zero-order chi connectivity index (χ0) is 29.4. The van der Waals surface area contributed by atoms with Gasteiger partial charge in [-0.1, -0.05) is 12.1 Å². The van der Waals surface area contributed by atoms with Crippen molar-refractivity contribution in [2.75, 3.05) is 33.9 Å². The van der Waals surface area contributed by atoms with E-state index in [1.807, 2.05) is 11.9 Å². The Hall–Kier alpha value is -4.38. The summed E-state index contributed by atoms with van der Waals surface area (Å²) in [6.45, 7) is 4.33. The van der Waals surface area contributed by atoms with Crippen LogP contribution >= 0.6 is 0 Å². The highest BCUT2D eigenvalue weighted by Gasteiger charge is 2.38. The highest BCUT2D eigenvalue weighted by molar-refractivity contribution is 6.00. The Morgan fingerprint density at radius 1 is 1.02 bits per heavy atom. The number of ketones is 1. The molecule has 10 nitrogen and oxygen atoms in total. The predicted molar refractivity (Wildman–Crippen MR) is 145 cm³/mol. The lowest BCUT2D eigenvalue weighted by atomic mass is 9.80. The molecule has 0 amide bonds. The molecule has 0 aliphatic carbocycles. The number of carbonyl (C=O) groups is 3. The van der Waals surface area contributed by atoms with E-state index in [-0.39, 0.29) is 29.2 Å². The van der Waals surface area contributed by atoms with Crippen molar-refractivity contribution >= 4 is 23.4 Å². The minimum Gasteiger partial charge on any atom is -0.466 e. The molecule has 0 saturated carbocycles.